The van der Waals surface area contributed by atoms with Crippen LogP contribution in [0.3, 0.4) is 0 Å². The maximum atomic E-state index is 13.6. The summed E-state index contributed by atoms with van der Waals surface area (Å²) in [6.45, 7) is 0. The third-order valence-corrected chi connectivity index (χ3v) is 6.60. The van der Waals surface area contributed by atoms with Crippen molar-refractivity contribution in [3.63, 3.8) is 0 Å². The number of rotatable bonds is 4. The lowest BCUT2D eigenvalue weighted by atomic mass is 9.72. The number of fused-ring (bicyclic) bond motifs is 3. The number of anilines is 2. The van der Waals surface area contributed by atoms with Gasteiger partial charge in [0.15, 0.2) is 5.41 Å². The van der Waals surface area contributed by atoms with Crippen LogP contribution in [-0.2, 0) is 14.3 Å². The minimum absolute atomic E-state index is 0.242. The van der Waals surface area contributed by atoms with Crippen molar-refractivity contribution in [2.24, 2.45) is 5.41 Å². The quantitative estimate of drug-likeness (QED) is 0.490. The number of nitrogens with zero attached hydrogens (tertiary/aromatic N) is 1. The highest BCUT2D eigenvalue weighted by molar-refractivity contribution is 6.13. The van der Waals surface area contributed by atoms with Gasteiger partial charge in [-0.05, 0) is 35.7 Å². The first-order valence-corrected chi connectivity index (χ1v) is 10.6. The molecule has 0 bridgehead atoms. The Bertz CT molecular complexity index is 1180. The van der Waals surface area contributed by atoms with Gasteiger partial charge in [0.05, 0.1) is 32.0 Å². The molecule has 1 N–H and O–H groups in total. The summed E-state index contributed by atoms with van der Waals surface area (Å²) in [6, 6.07) is 24.5. The van der Waals surface area contributed by atoms with E-state index in [9.17, 15) is 9.59 Å². The first kappa shape index (κ1) is 20.1. The van der Waals surface area contributed by atoms with E-state index in [1.165, 1.54) is 7.11 Å². The Kier molecular flexibility index (Phi) is 4.85. The van der Waals surface area contributed by atoms with Crippen LogP contribution < -0.4 is 15.0 Å². The predicted molar refractivity (Wildman–Crippen MR) is 122 cm³/mol. The van der Waals surface area contributed by atoms with Crippen molar-refractivity contribution < 1.29 is 19.1 Å². The average molecular weight is 428 g/mol. The van der Waals surface area contributed by atoms with Crippen LogP contribution in [0.15, 0.2) is 78.9 Å². The van der Waals surface area contributed by atoms with Gasteiger partial charge in [-0.25, -0.2) is 0 Å². The Hall–Kier alpha value is -3.80. The third kappa shape index (κ3) is 2.79. The van der Waals surface area contributed by atoms with E-state index in [0.717, 1.165) is 16.8 Å². The number of benzene rings is 3. The molecule has 0 radical (unpaired) electrons. The van der Waals surface area contributed by atoms with Crippen LogP contribution in [0.2, 0.25) is 0 Å². The van der Waals surface area contributed by atoms with Crippen LogP contribution in [0.25, 0.3) is 0 Å². The molecule has 2 aliphatic rings. The number of carbonyl (C=O) groups excluding carboxylic acids is 2. The summed E-state index contributed by atoms with van der Waals surface area (Å²) in [5, 5.41) is 2.96. The monoisotopic (exact) mass is 428 g/mol. The van der Waals surface area contributed by atoms with Crippen molar-refractivity contribution in [3.05, 3.63) is 90.0 Å². The fraction of sp³-hybridized carbons (Fsp3) is 0.231. The number of esters is 1. The molecule has 0 aliphatic carbocycles. The predicted octanol–water partition coefficient (Wildman–Crippen LogP) is 4.50. The molecule has 32 heavy (non-hydrogen) atoms. The first-order chi connectivity index (χ1) is 15.6. The molecule has 0 unspecified atom stereocenters. The Morgan fingerprint density at radius 1 is 0.969 bits per heavy atom. The zero-order valence-corrected chi connectivity index (χ0v) is 17.9. The van der Waals surface area contributed by atoms with Gasteiger partial charge in [-0.3, -0.25) is 9.59 Å². The van der Waals surface area contributed by atoms with E-state index in [-0.39, 0.29) is 18.4 Å². The minimum Gasteiger partial charge on any atom is -0.495 e. The van der Waals surface area contributed by atoms with Gasteiger partial charge in [-0.1, -0.05) is 60.7 Å². The van der Waals surface area contributed by atoms with Gasteiger partial charge in [-0.15, -0.1) is 0 Å². The molecule has 6 heteroatoms. The van der Waals surface area contributed by atoms with Crippen LogP contribution in [0.4, 0.5) is 11.4 Å². The number of amides is 1. The molecule has 0 saturated carbocycles. The molecule has 6 nitrogen and oxygen atoms in total. The zero-order chi connectivity index (χ0) is 22.3. The maximum absolute atomic E-state index is 13.6. The van der Waals surface area contributed by atoms with Crippen LogP contribution in [0.1, 0.15) is 29.6 Å². The smallest absolute Gasteiger partial charge is 0.324 e. The Morgan fingerprint density at radius 2 is 1.66 bits per heavy atom. The Balaban J connectivity index is 1.82. The number of nitrogens with one attached hydrogen (secondary N) is 1. The molecule has 1 fully saturated rings. The van der Waals surface area contributed by atoms with Crippen molar-refractivity contribution in [2.75, 3.05) is 24.4 Å². The molecule has 1 saturated heterocycles. The fourth-order valence-electron chi connectivity index (χ4n) is 5.22. The second-order valence-electron chi connectivity index (χ2n) is 8.12. The number of methoxy groups -OCH3 is 2. The van der Waals surface area contributed by atoms with Crippen LogP contribution in [0, 0.1) is 5.41 Å². The highest BCUT2D eigenvalue weighted by atomic mass is 16.5. The molecule has 1 amide bonds. The van der Waals surface area contributed by atoms with Gasteiger partial charge < -0.3 is 19.7 Å². The van der Waals surface area contributed by atoms with Crippen molar-refractivity contribution in [1.29, 1.82) is 0 Å². The van der Waals surface area contributed by atoms with Gasteiger partial charge in [0.25, 0.3) is 0 Å². The van der Waals surface area contributed by atoms with Crippen molar-refractivity contribution in [1.82, 2.24) is 0 Å². The number of ether oxygens (including phenoxy) is 2. The number of hydrogen-bond donors (Lipinski definition) is 1. The molecule has 0 aromatic heterocycles. The molecule has 5 rings (SSSR count). The molecule has 3 atom stereocenters. The lowest BCUT2D eigenvalue weighted by molar-refractivity contribution is -0.158. The summed E-state index contributed by atoms with van der Waals surface area (Å²) >= 11 is 0. The highest BCUT2D eigenvalue weighted by Gasteiger charge is 2.65. The summed E-state index contributed by atoms with van der Waals surface area (Å²) in [5.41, 5.74) is 2.02. The van der Waals surface area contributed by atoms with E-state index in [4.69, 9.17) is 9.47 Å². The van der Waals surface area contributed by atoms with E-state index in [2.05, 4.69) is 10.2 Å². The van der Waals surface area contributed by atoms with Crippen LogP contribution >= 0.6 is 0 Å². The molecule has 162 valence electrons. The van der Waals surface area contributed by atoms with Gasteiger partial charge in [-0.2, -0.15) is 0 Å². The molecular formula is C26H24N2O4. The van der Waals surface area contributed by atoms with E-state index in [0.29, 0.717) is 11.4 Å². The number of hydrogen-bond acceptors (Lipinski definition) is 5. The highest BCUT2D eigenvalue weighted by Crippen LogP contribution is 2.61. The molecule has 3 aromatic carbocycles. The zero-order valence-electron chi connectivity index (χ0n) is 17.9. The first-order valence-electron chi connectivity index (χ1n) is 10.6. The van der Waals surface area contributed by atoms with Crippen molar-refractivity contribution >= 4 is 23.3 Å². The van der Waals surface area contributed by atoms with Crippen molar-refractivity contribution in [3.8, 4) is 5.75 Å². The lowest BCUT2D eigenvalue weighted by Gasteiger charge is -2.41. The van der Waals surface area contributed by atoms with Gasteiger partial charge >= 0.3 is 5.97 Å². The molecular weight excluding hydrogens is 404 g/mol. The Morgan fingerprint density at radius 3 is 2.41 bits per heavy atom. The standard InChI is InChI=1S/C26H24N2O4/c1-31-22-15-9-8-14-20(22)28-21(17-10-4-3-5-11-17)16-26(25(30)32-2)23(28)18-12-6-7-13-19(18)27-24(26)29/h3-15,21,23H,16H2,1-2H3,(H,27,29)/t21-,23-,26+/m0/s1. The molecule has 3 aromatic rings. The molecule has 2 heterocycles. The summed E-state index contributed by atoms with van der Waals surface area (Å²) in [4.78, 5) is 29.1. The van der Waals surface area contributed by atoms with Gasteiger partial charge in [0.1, 0.15) is 5.75 Å². The topological polar surface area (TPSA) is 67.9 Å². The summed E-state index contributed by atoms with van der Waals surface area (Å²) < 4.78 is 10.9. The van der Waals surface area contributed by atoms with Gasteiger partial charge in [0, 0.05) is 5.69 Å². The largest absolute Gasteiger partial charge is 0.495 e. The van der Waals surface area contributed by atoms with E-state index >= 15 is 0 Å². The van der Waals surface area contributed by atoms with E-state index in [1.807, 2.05) is 78.9 Å². The summed E-state index contributed by atoms with van der Waals surface area (Å²) in [5.74, 6) is -0.197. The Labute approximate surface area is 186 Å². The normalized spacial score (nSPS) is 23.7. The van der Waals surface area contributed by atoms with E-state index in [1.54, 1.807) is 7.11 Å². The number of carbonyl (C=O) groups is 2. The van der Waals surface area contributed by atoms with E-state index < -0.39 is 17.4 Å². The summed E-state index contributed by atoms with van der Waals surface area (Å²) in [6.07, 6.45) is 0.284. The molecule has 0 spiro atoms. The maximum Gasteiger partial charge on any atom is 0.324 e. The van der Waals surface area contributed by atoms with Gasteiger partial charge in [0.2, 0.25) is 5.91 Å². The van der Waals surface area contributed by atoms with Crippen molar-refractivity contribution in [2.45, 2.75) is 18.5 Å². The molecule has 2 aliphatic heterocycles. The van der Waals surface area contributed by atoms with Crippen LogP contribution in [-0.4, -0.2) is 26.1 Å². The van der Waals surface area contributed by atoms with Crippen LogP contribution in [0.5, 0.6) is 5.75 Å². The minimum atomic E-state index is -1.40. The lowest BCUT2D eigenvalue weighted by Crippen LogP contribution is -2.51. The average Bonchev–Trinajstić information content (AvgIpc) is 3.22. The SMILES string of the molecule is COC(=O)[C@]12C[C@@H](c3ccccc3)N(c3ccccc3OC)[C@H]1c1ccccc1NC2=O. The second-order valence-corrected chi connectivity index (χ2v) is 8.12. The number of para-hydroxylation sites is 3. The summed E-state index contributed by atoms with van der Waals surface area (Å²) in [7, 11) is 2.97. The fourth-order valence-corrected chi connectivity index (χ4v) is 5.22. The third-order valence-electron chi connectivity index (χ3n) is 6.60. The second kappa shape index (κ2) is 7.71.